The number of benzene rings is 1. The third-order valence-electron chi connectivity index (χ3n) is 6.30. The number of anilines is 1. The number of amides is 2. The Labute approximate surface area is 178 Å². The minimum absolute atomic E-state index is 0.0516. The van der Waals surface area contributed by atoms with Gasteiger partial charge < -0.3 is 4.90 Å². The molecule has 1 N–H and O–H groups in total. The number of aromatic nitrogens is 2. The summed E-state index contributed by atoms with van der Waals surface area (Å²) >= 11 is 0. The molecule has 0 bridgehead atoms. The molecule has 5 rings (SSSR count). The minimum Gasteiger partial charge on any atom is -0.328 e. The van der Waals surface area contributed by atoms with Crippen molar-refractivity contribution in [3.63, 3.8) is 0 Å². The van der Waals surface area contributed by atoms with Crippen molar-refractivity contribution in [2.75, 3.05) is 18.4 Å². The fraction of sp³-hybridized carbons (Fsp3) is 0.429. The molecule has 11 heteroatoms. The van der Waals surface area contributed by atoms with Gasteiger partial charge in [-0.15, -0.1) is 0 Å². The van der Waals surface area contributed by atoms with E-state index < -0.39 is 47.4 Å². The van der Waals surface area contributed by atoms with Crippen molar-refractivity contribution in [2.45, 2.75) is 42.7 Å². The summed E-state index contributed by atoms with van der Waals surface area (Å²) < 4.78 is 66.7. The van der Waals surface area contributed by atoms with E-state index in [1.54, 1.807) is 6.07 Å². The number of alkyl halides is 5. The minimum atomic E-state index is -4.61. The van der Waals surface area contributed by atoms with E-state index in [1.807, 2.05) is 0 Å². The lowest BCUT2D eigenvalue weighted by molar-refractivity contribution is -0.138. The van der Waals surface area contributed by atoms with Crippen LogP contribution >= 0.6 is 0 Å². The zero-order valence-corrected chi connectivity index (χ0v) is 16.5. The molecular formula is C21H17F5N4O2. The van der Waals surface area contributed by atoms with E-state index in [-0.39, 0.29) is 24.5 Å². The number of hydrogen-bond donors (Lipinski definition) is 1. The van der Waals surface area contributed by atoms with Crippen molar-refractivity contribution in [2.24, 2.45) is 0 Å². The Balaban J connectivity index is 1.33. The van der Waals surface area contributed by atoms with Crippen LogP contribution in [0.5, 0.6) is 0 Å². The van der Waals surface area contributed by atoms with Gasteiger partial charge in [-0.2, -0.15) is 13.2 Å². The molecular weight excluding hydrogens is 435 g/mol. The summed E-state index contributed by atoms with van der Waals surface area (Å²) in [4.78, 5) is 33.4. The van der Waals surface area contributed by atoms with Crippen molar-refractivity contribution >= 4 is 17.8 Å². The molecule has 2 heterocycles. The third kappa shape index (κ3) is 3.39. The summed E-state index contributed by atoms with van der Waals surface area (Å²) in [6.45, 7) is -0.504. The Kier molecular flexibility index (Phi) is 4.35. The van der Waals surface area contributed by atoms with Gasteiger partial charge in [0.05, 0.1) is 5.56 Å². The Hall–Kier alpha value is -3.11. The molecule has 1 aromatic carbocycles. The van der Waals surface area contributed by atoms with Gasteiger partial charge in [0.25, 0.3) is 5.91 Å². The smallest absolute Gasteiger partial charge is 0.328 e. The first-order valence-corrected chi connectivity index (χ1v) is 9.98. The van der Waals surface area contributed by atoms with Gasteiger partial charge in [0.1, 0.15) is 18.4 Å². The first-order valence-electron chi connectivity index (χ1n) is 9.98. The molecule has 2 aromatic rings. The maximum atomic E-state index is 14.5. The van der Waals surface area contributed by atoms with Crippen molar-refractivity contribution in [1.82, 2.24) is 14.9 Å². The van der Waals surface area contributed by atoms with Crippen molar-refractivity contribution in [3.8, 4) is 0 Å². The largest absolute Gasteiger partial charge is 0.419 e. The van der Waals surface area contributed by atoms with Gasteiger partial charge in [-0.25, -0.2) is 18.7 Å². The van der Waals surface area contributed by atoms with Crippen LogP contribution < -0.4 is 5.32 Å². The predicted octanol–water partition coefficient (Wildman–Crippen LogP) is 3.53. The lowest BCUT2D eigenvalue weighted by atomic mass is 9.84. The standard InChI is InChI=1S/C21H17F5N4O2/c22-15-6-19(15)10-30(9-16(31)29-18-27-7-12(8-28-18)21(24,25)26)17(32)13-2-1-11(5-14(13)19)20(23)3-4-20/h1-2,5,7-8,15H,3-4,6,9-10H2,(H,27,28,29,31)/t15-,19+/m1/s1. The van der Waals surface area contributed by atoms with Crippen molar-refractivity contribution in [3.05, 3.63) is 52.8 Å². The van der Waals surface area contributed by atoms with E-state index >= 15 is 0 Å². The molecule has 0 radical (unpaired) electrons. The highest BCUT2D eigenvalue weighted by molar-refractivity contribution is 6.01. The second-order valence-electron chi connectivity index (χ2n) is 8.56. The highest BCUT2D eigenvalue weighted by Crippen LogP contribution is 2.57. The van der Waals surface area contributed by atoms with Gasteiger partial charge in [-0.3, -0.25) is 14.9 Å². The topological polar surface area (TPSA) is 75.2 Å². The maximum absolute atomic E-state index is 14.5. The van der Waals surface area contributed by atoms with Gasteiger partial charge in [0.2, 0.25) is 11.9 Å². The van der Waals surface area contributed by atoms with Gasteiger partial charge in [-0.1, -0.05) is 12.1 Å². The Bertz CT molecular complexity index is 1120. The molecule has 2 amide bonds. The Morgan fingerprint density at radius 2 is 1.88 bits per heavy atom. The molecule has 2 aliphatic carbocycles. The first-order chi connectivity index (χ1) is 15.0. The number of halogens is 5. The van der Waals surface area contributed by atoms with E-state index in [1.165, 1.54) is 17.0 Å². The van der Waals surface area contributed by atoms with Gasteiger partial charge in [-0.05, 0) is 36.5 Å². The molecule has 0 saturated heterocycles. The SMILES string of the molecule is O=C(CN1C[C@@]2(C[C@H]2F)c2cc(C3(F)CC3)ccc2C1=O)Nc1ncc(C(F)(F)F)cn1. The Morgan fingerprint density at radius 3 is 2.44 bits per heavy atom. The maximum Gasteiger partial charge on any atom is 0.419 e. The number of nitrogens with zero attached hydrogens (tertiary/aromatic N) is 3. The van der Waals surface area contributed by atoms with Crippen LogP contribution in [-0.4, -0.2) is 45.9 Å². The molecule has 1 aromatic heterocycles. The molecule has 2 atom stereocenters. The molecule has 6 nitrogen and oxygen atoms in total. The van der Waals surface area contributed by atoms with Crippen LogP contribution in [0.25, 0.3) is 0 Å². The van der Waals surface area contributed by atoms with Crippen molar-refractivity contribution < 1.29 is 31.5 Å². The van der Waals surface area contributed by atoms with Crippen LogP contribution in [0.1, 0.15) is 46.3 Å². The molecule has 1 spiro atoms. The highest BCUT2D eigenvalue weighted by Gasteiger charge is 2.61. The lowest BCUT2D eigenvalue weighted by Gasteiger charge is -2.34. The first kappa shape index (κ1) is 20.8. The van der Waals surface area contributed by atoms with Crippen LogP contribution in [-0.2, 0) is 22.1 Å². The molecule has 168 valence electrons. The second kappa shape index (κ2) is 6.69. The van der Waals surface area contributed by atoms with Crippen LogP contribution in [0.4, 0.5) is 27.9 Å². The van der Waals surface area contributed by atoms with Crippen LogP contribution in [0, 0.1) is 0 Å². The number of fused-ring (bicyclic) bond motifs is 2. The molecule has 3 aliphatic rings. The number of rotatable bonds is 4. The molecule has 1 aliphatic heterocycles. The van der Waals surface area contributed by atoms with E-state index in [9.17, 15) is 31.5 Å². The number of hydrogen-bond acceptors (Lipinski definition) is 4. The quantitative estimate of drug-likeness (QED) is 0.721. The number of nitrogens with one attached hydrogen (secondary N) is 1. The van der Waals surface area contributed by atoms with E-state index in [0.717, 1.165) is 0 Å². The highest BCUT2D eigenvalue weighted by atomic mass is 19.4. The van der Waals surface area contributed by atoms with Crippen LogP contribution in [0.3, 0.4) is 0 Å². The normalized spacial score (nSPS) is 25.5. The fourth-order valence-corrected chi connectivity index (χ4v) is 4.20. The summed E-state index contributed by atoms with van der Waals surface area (Å²) in [5.41, 5.74) is -2.33. The monoisotopic (exact) mass is 452 g/mol. The molecule has 32 heavy (non-hydrogen) atoms. The van der Waals surface area contributed by atoms with E-state index in [4.69, 9.17) is 0 Å². The second-order valence-corrected chi connectivity index (χ2v) is 8.56. The summed E-state index contributed by atoms with van der Waals surface area (Å²) in [5, 5.41) is 2.24. The summed E-state index contributed by atoms with van der Waals surface area (Å²) in [5.74, 6) is -1.58. The van der Waals surface area contributed by atoms with E-state index in [0.29, 0.717) is 36.4 Å². The summed E-state index contributed by atoms with van der Waals surface area (Å²) in [7, 11) is 0. The predicted molar refractivity (Wildman–Crippen MR) is 101 cm³/mol. The van der Waals surface area contributed by atoms with Crippen molar-refractivity contribution in [1.29, 1.82) is 0 Å². The van der Waals surface area contributed by atoms with Gasteiger partial charge in [0.15, 0.2) is 0 Å². The van der Waals surface area contributed by atoms with Gasteiger partial charge >= 0.3 is 6.18 Å². The lowest BCUT2D eigenvalue weighted by Crippen LogP contribution is -2.47. The van der Waals surface area contributed by atoms with Gasteiger partial charge in [0, 0.05) is 29.9 Å². The molecule has 2 saturated carbocycles. The Morgan fingerprint density at radius 1 is 1.22 bits per heavy atom. The molecule has 0 unspecified atom stereocenters. The third-order valence-corrected chi connectivity index (χ3v) is 6.30. The average Bonchev–Trinajstić information content (AvgIpc) is 3.63. The van der Waals surface area contributed by atoms with E-state index in [2.05, 4.69) is 15.3 Å². The zero-order valence-electron chi connectivity index (χ0n) is 16.5. The summed E-state index contributed by atoms with van der Waals surface area (Å²) in [6, 6.07) is 4.57. The van der Waals surface area contributed by atoms with Crippen LogP contribution in [0.2, 0.25) is 0 Å². The number of carbonyl (C=O) groups is 2. The zero-order chi connectivity index (χ0) is 22.9. The summed E-state index contributed by atoms with van der Waals surface area (Å²) in [6.07, 6.45) is -3.81. The number of carbonyl (C=O) groups excluding carboxylic acids is 2. The molecule has 2 fully saturated rings. The van der Waals surface area contributed by atoms with Crippen LogP contribution in [0.15, 0.2) is 30.6 Å². The average molecular weight is 452 g/mol. The fourth-order valence-electron chi connectivity index (χ4n) is 4.20.